The Hall–Kier alpha value is -7.10. The quantitative estimate of drug-likeness (QED) is 0.153. The fourth-order valence-corrected chi connectivity index (χ4v) is 7.36. The highest BCUT2D eigenvalue weighted by atomic mass is 32.1. The first-order valence-electron chi connectivity index (χ1n) is 17.2. The Morgan fingerprint density at radius 1 is 0.661 bits per heavy atom. The van der Waals surface area contributed by atoms with Gasteiger partial charge in [-0.05, 0) is 98.8 Å². The fourth-order valence-electron chi connectivity index (χ4n) is 5.93. The Kier molecular flexibility index (Phi) is 9.83. The molecule has 276 valence electrons. The lowest BCUT2D eigenvalue weighted by Gasteiger charge is -2.07. The Labute approximate surface area is 327 Å². The van der Waals surface area contributed by atoms with Gasteiger partial charge < -0.3 is 15.2 Å². The molecule has 0 radical (unpaired) electrons. The van der Waals surface area contributed by atoms with Crippen molar-refractivity contribution in [1.82, 2.24) is 39.5 Å². The second-order valence-corrected chi connectivity index (χ2v) is 14.3. The lowest BCUT2D eigenvalue weighted by atomic mass is 10.1. The molecule has 56 heavy (non-hydrogen) atoms. The van der Waals surface area contributed by atoms with E-state index in [0.29, 0.717) is 28.7 Å². The standard InChI is InChI=1S/C24H19N5O2S.C17H12N4O2S/c1-15-4-3-5-23(26-15)29-21(16-6-11-19-22(12-16)32-14-25-19)13-20(28-29)24(30)27-17-7-9-18(31-2)10-8-17;1-10-3-2-4-16(19-10)21-14(8-13(20-21)17(22)23)11-5-6-12-15(7-11)24-9-18-12/h3-14H,1-2H3,(H,27,30);2-9H,1H3,(H,22,23). The van der Waals surface area contributed by atoms with E-state index in [-0.39, 0.29) is 11.6 Å². The number of carbonyl (C=O) groups excluding carboxylic acids is 1. The molecule has 9 aromatic rings. The highest BCUT2D eigenvalue weighted by Crippen LogP contribution is 2.30. The molecular formula is C41H31N9O4S2. The summed E-state index contributed by atoms with van der Waals surface area (Å²) >= 11 is 3.11. The van der Waals surface area contributed by atoms with E-state index in [1.807, 2.05) is 80.0 Å². The van der Waals surface area contributed by atoms with Gasteiger partial charge in [0.05, 0.1) is 50.0 Å². The van der Waals surface area contributed by atoms with Gasteiger partial charge in [0, 0.05) is 28.2 Å². The Bertz CT molecular complexity index is 2880. The summed E-state index contributed by atoms with van der Waals surface area (Å²) < 4.78 is 10.5. The molecule has 0 fully saturated rings. The molecule has 2 N–H and O–H groups in total. The van der Waals surface area contributed by atoms with Crippen molar-refractivity contribution in [3.05, 3.63) is 143 Å². The van der Waals surface area contributed by atoms with Crippen molar-refractivity contribution >= 4 is 60.7 Å². The summed E-state index contributed by atoms with van der Waals surface area (Å²) in [6.45, 7) is 3.81. The van der Waals surface area contributed by atoms with E-state index in [9.17, 15) is 14.7 Å². The van der Waals surface area contributed by atoms with Crippen LogP contribution >= 0.6 is 22.7 Å². The summed E-state index contributed by atoms with van der Waals surface area (Å²) in [4.78, 5) is 42.0. The van der Waals surface area contributed by atoms with Crippen LogP contribution in [0.2, 0.25) is 0 Å². The van der Waals surface area contributed by atoms with Gasteiger partial charge in [-0.2, -0.15) is 10.2 Å². The number of pyridine rings is 2. The minimum absolute atomic E-state index is 0.0160. The van der Waals surface area contributed by atoms with E-state index in [1.165, 1.54) is 0 Å². The SMILES string of the molecule is COc1ccc(NC(=O)c2cc(-c3ccc4ncsc4c3)n(-c3cccc(C)n3)n2)cc1.Cc1cccc(-n2nc(C(=O)O)cc2-c2ccc3ncsc3c2)n1. The highest BCUT2D eigenvalue weighted by Gasteiger charge is 2.20. The molecule has 9 rings (SSSR count). The number of aryl methyl sites for hydroxylation is 2. The first-order valence-corrected chi connectivity index (χ1v) is 18.9. The molecule has 6 heterocycles. The zero-order valence-corrected chi connectivity index (χ0v) is 31.7. The van der Waals surface area contributed by atoms with Gasteiger partial charge in [0.15, 0.2) is 23.0 Å². The summed E-state index contributed by atoms with van der Waals surface area (Å²) in [5.41, 5.74) is 11.4. The van der Waals surface area contributed by atoms with Crippen LogP contribution in [0, 0.1) is 13.8 Å². The molecule has 13 nitrogen and oxygen atoms in total. The van der Waals surface area contributed by atoms with E-state index in [4.69, 9.17) is 4.74 Å². The van der Waals surface area contributed by atoms with Crippen molar-refractivity contribution in [3.8, 4) is 39.9 Å². The molecule has 0 unspecified atom stereocenters. The lowest BCUT2D eigenvalue weighted by Crippen LogP contribution is -2.13. The zero-order valence-electron chi connectivity index (χ0n) is 30.1. The number of hydrogen-bond donors (Lipinski definition) is 2. The molecule has 0 saturated carbocycles. The van der Waals surface area contributed by atoms with Crippen LogP contribution in [-0.2, 0) is 0 Å². The number of anilines is 1. The van der Waals surface area contributed by atoms with Gasteiger partial charge in [-0.15, -0.1) is 22.7 Å². The maximum absolute atomic E-state index is 13.0. The fraction of sp³-hybridized carbons (Fsp3) is 0.0732. The number of nitrogens with zero attached hydrogens (tertiary/aromatic N) is 8. The first kappa shape index (κ1) is 35.9. The maximum Gasteiger partial charge on any atom is 0.356 e. The molecule has 6 aromatic heterocycles. The average Bonchev–Trinajstić information content (AvgIpc) is 4.04. The van der Waals surface area contributed by atoms with Crippen molar-refractivity contribution < 1.29 is 19.4 Å². The summed E-state index contributed by atoms with van der Waals surface area (Å²) in [5, 5.41) is 21.0. The Balaban J connectivity index is 0.000000164. The van der Waals surface area contributed by atoms with Crippen LogP contribution in [0.4, 0.5) is 5.69 Å². The van der Waals surface area contributed by atoms with Crippen molar-refractivity contribution in [1.29, 1.82) is 0 Å². The second-order valence-electron chi connectivity index (χ2n) is 12.5. The van der Waals surface area contributed by atoms with Crippen LogP contribution in [0.1, 0.15) is 32.4 Å². The molecule has 0 bridgehead atoms. The highest BCUT2D eigenvalue weighted by molar-refractivity contribution is 7.17. The van der Waals surface area contributed by atoms with E-state index >= 15 is 0 Å². The molecule has 0 aliphatic heterocycles. The molecule has 0 spiro atoms. The third-order valence-electron chi connectivity index (χ3n) is 8.65. The van der Waals surface area contributed by atoms with Crippen molar-refractivity contribution in [2.24, 2.45) is 0 Å². The molecule has 0 saturated heterocycles. The minimum Gasteiger partial charge on any atom is -0.497 e. The van der Waals surface area contributed by atoms with Gasteiger partial charge in [-0.25, -0.2) is 34.1 Å². The van der Waals surface area contributed by atoms with Gasteiger partial charge in [0.2, 0.25) is 0 Å². The van der Waals surface area contributed by atoms with Gasteiger partial charge in [-0.3, -0.25) is 4.79 Å². The van der Waals surface area contributed by atoms with Crippen molar-refractivity contribution in [2.45, 2.75) is 13.8 Å². The molecular weight excluding hydrogens is 747 g/mol. The Morgan fingerprint density at radius 3 is 1.68 bits per heavy atom. The number of fused-ring (bicyclic) bond motifs is 2. The monoisotopic (exact) mass is 777 g/mol. The van der Waals surface area contributed by atoms with Crippen LogP contribution in [0.15, 0.2) is 120 Å². The van der Waals surface area contributed by atoms with Crippen LogP contribution < -0.4 is 10.1 Å². The van der Waals surface area contributed by atoms with Crippen LogP contribution in [0.5, 0.6) is 5.75 Å². The number of carboxylic acid groups (broad SMARTS) is 1. The smallest absolute Gasteiger partial charge is 0.356 e. The number of carbonyl (C=O) groups is 2. The number of hydrogen-bond acceptors (Lipinski definition) is 11. The zero-order chi connectivity index (χ0) is 38.8. The molecule has 1 amide bonds. The number of amides is 1. The number of thiazole rings is 2. The number of aromatic carboxylic acids is 1. The Morgan fingerprint density at radius 2 is 1.18 bits per heavy atom. The predicted molar refractivity (Wildman–Crippen MR) is 217 cm³/mol. The predicted octanol–water partition coefficient (Wildman–Crippen LogP) is 8.66. The average molecular weight is 778 g/mol. The summed E-state index contributed by atoms with van der Waals surface area (Å²) in [5.74, 6) is 0.580. The summed E-state index contributed by atoms with van der Waals surface area (Å²) in [7, 11) is 1.60. The molecule has 3 aromatic carbocycles. The normalized spacial score (nSPS) is 11.0. The van der Waals surface area contributed by atoms with Gasteiger partial charge in [0.25, 0.3) is 5.91 Å². The van der Waals surface area contributed by atoms with Crippen molar-refractivity contribution in [3.63, 3.8) is 0 Å². The maximum atomic E-state index is 13.0. The van der Waals surface area contributed by atoms with Crippen LogP contribution in [0.25, 0.3) is 54.6 Å². The van der Waals surface area contributed by atoms with E-state index in [2.05, 4.69) is 41.5 Å². The van der Waals surface area contributed by atoms with Crippen LogP contribution in [0.3, 0.4) is 0 Å². The number of nitrogens with one attached hydrogen (secondary N) is 1. The summed E-state index contributed by atoms with van der Waals surface area (Å²) in [6, 6.07) is 33.6. The third-order valence-corrected chi connectivity index (χ3v) is 10.2. The van der Waals surface area contributed by atoms with Gasteiger partial charge in [0.1, 0.15) is 5.75 Å². The first-order chi connectivity index (χ1) is 27.2. The third kappa shape index (κ3) is 7.48. The number of methoxy groups -OCH3 is 1. The van der Waals surface area contributed by atoms with E-state index < -0.39 is 5.97 Å². The van der Waals surface area contributed by atoms with Crippen molar-refractivity contribution in [2.75, 3.05) is 12.4 Å². The lowest BCUT2D eigenvalue weighted by molar-refractivity contribution is 0.0689. The summed E-state index contributed by atoms with van der Waals surface area (Å²) in [6.07, 6.45) is 0. The molecule has 0 atom stereocenters. The number of carboxylic acids is 1. The molecule has 15 heteroatoms. The largest absolute Gasteiger partial charge is 0.497 e. The molecule has 0 aliphatic rings. The number of rotatable bonds is 8. The van der Waals surface area contributed by atoms with E-state index in [1.54, 1.807) is 87.1 Å². The topological polar surface area (TPSA) is 163 Å². The number of benzene rings is 3. The van der Waals surface area contributed by atoms with Gasteiger partial charge >= 0.3 is 5.97 Å². The number of aromatic nitrogens is 8. The molecule has 0 aliphatic carbocycles. The van der Waals surface area contributed by atoms with Gasteiger partial charge in [-0.1, -0.05) is 24.3 Å². The van der Waals surface area contributed by atoms with Crippen LogP contribution in [-0.4, -0.2) is 63.6 Å². The second kappa shape index (κ2) is 15.3. The van der Waals surface area contributed by atoms with E-state index in [0.717, 1.165) is 54.4 Å². The number of ether oxygens (including phenoxy) is 1. The minimum atomic E-state index is -1.07.